The molecule has 0 saturated heterocycles. The quantitative estimate of drug-likeness (QED) is 0.430. The van der Waals surface area contributed by atoms with Crippen LogP contribution in [0.3, 0.4) is 0 Å². The Morgan fingerprint density at radius 1 is 1.36 bits per heavy atom. The molecule has 0 amide bonds. The maximum Gasteiger partial charge on any atom is 0.148 e. The number of rotatable bonds is 0. The molecule has 0 saturated carbocycles. The van der Waals surface area contributed by atoms with Crippen LogP contribution in [0.15, 0.2) is 10.5 Å². The third kappa shape index (κ3) is 1.60. The van der Waals surface area contributed by atoms with Gasteiger partial charge in [0.15, 0.2) is 0 Å². The van der Waals surface area contributed by atoms with Crippen LogP contribution in [0.4, 0.5) is 10.1 Å². The Bertz CT molecular complexity index is 277. The molecule has 11 heavy (non-hydrogen) atoms. The predicted molar refractivity (Wildman–Crippen MR) is 48.5 cm³/mol. The van der Waals surface area contributed by atoms with Crippen molar-refractivity contribution < 1.29 is 4.39 Å². The average molecular weight is 259 g/mol. The van der Waals surface area contributed by atoms with E-state index in [1.54, 1.807) is 0 Å². The van der Waals surface area contributed by atoms with Gasteiger partial charge < -0.3 is 5.73 Å². The van der Waals surface area contributed by atoms with E-state index in [2.05, 4.69) is 15.9 Å². The molecule has 5 heteroatoms. The highest BCUT2D eigenvalue weighted by molar-refractivity contribution is 9.10. The molecular weight excluding hydrogens is 256 g/mol. The van der Waals surface area contributed by atoms with E-state index < -0.39 is 5.82 Å². The highest BCUT2D eigenvalue weighted by Gasteiger charge is 2.10. The fraction of sp³-hybridized carbons (Fsp3) is 0. The zero-order chi connectivity index (χ0) is 8.59. The molecule has 0 heterocycles. The van der Waals surface area contributed by atoms with Crippen LogP contribution in [0, 0.1) is 5.82 Å². The van der Waals surface area contributed by atoms with Crippen LogP contribution < -0.4 is 5.73 Å². The first-order chi connectivity index (χ1) is 5.04. The van der Waals surface area contributed by atoms with Crippen molar-refractivity contribution in [3.8, 4) is 0 Å². The van der Waals surface area contributed by atoms with Gasteiger partial charge in [-0.25, -0.2) is 4.39 Å². The van der Waals surface area contributed by atoms with E-state index in [0.29, 0.717) is 4.47 Å². The lowest BCUT2D eigenvalue weighted by Gasteiger charge is -2.03. The summed E-state index contributed by atoms with van der Waals surface area (Å²) in [6.45, 7) is 0. The number of anilines is 1. The van der Waals surface area contributed by atoms with Crippen molar-refractivity contribution in [3.63, 3.8) is 0 Å². The van der Waals surface area contributed by atoms with Crippen LogP contribution in [-0.4, -0.2) is 0 Å². The Labute approximate surface area is 81.4 Å². The van der Waals surface area contributed by atoms with Gasteiger partial charge in [0.1, 0.15) is 5.82 Å². The normalized spacial score (nSPS) is 10.2. The second kappa shape index (κ2) is 3.17. The number of hydrogen-bond acceptors (Lipinski definition) is 1. The number of nitrogen functional groups attached to an aromatic ring is 1. The van der Waals surface area contributed by atoms with Gasteiger partial charge in [0, 0.05) is 4.47 Å². The standard InChI is InChI=1S/C6H3BrCl2FN/c7-2-1-3(10)6(11)5(9)4(2)8/h1H,11H2. The van der Waals surface area contributed by atoms with Gasteiger partial charge in [-0.2, -0.15) is 0 Å². The Balaban J connectivity index is 3.46. The smallest absolute Gasteiger partial charge is 0.148 e. The first-order valence-corrected chi connectivity index (χ1v) is 4.17. The summed E-state index contributed by atoms with van der Waals surface area (Å²) in [4.78, 5) is 0. The zero-order valence-electron chi connectivity index (χ0n) is 5.17. The molecule has 0 unspecified atom stereocenters. The largest absolute Gasteiger partial charge is 0.395 e. The summed E-state index contributed by atoms with van der Waals surface area (Å²) in [7, 11) is 0. The minimum Gasteiger partial charge on any atom is -0.395 e. The molecule has 1 aromatic carbocycles. The van der Waals surface area contributed by atoms with Crippen LogP contribution >= 0.6 is 39.1 Å². The minimum atomic E-state index is -0.578. The minimum absolute atomic E-state index is 0.0403. The summed E-state index contributed by atoms with van der Waals surface area (Å²) in [5, 5.41) is 0.268. The van der Waals surface area contributed by atoms with E-state index >= 15 is 0 Å². The molecule has 0 spiro atoms. The fourth-order valence-corrected chi connectivity index (χ4v) is 1.44. The van der Waals surface area contributed by atoms with E-state index in [9.17, 15) is 4.39 Å². The van der Waals surface area contributed by atoms with Crippen molar-refractivity contribution in [1.29, 1.82) is 0 Å². The zero-order valence-corrected chi connectivity index (χ0v) is 8.26. The molecule has 0 aromatic heterocycles. The molecule has 0 radical (unpaired) electrons. The Hall–Kier alpha value is 0.01000. The highest BCUT2D eigenvalue weighted by atomic mass is 79.9. The van der Waals surface area contributed by atoms with Crippen molar-refractivity contribution in [2.75, 3.05) is 5.73 Å². The lowest BCUT2D eigenvalue weighted by atomic mass is 10.3. The molecule has 60 valence electrons. The first-order valence-electron chi connectivity index (χ1n) is 2.62. The lowest BCUT2D eigenvalue weighted by Crippen LogP contribution is -1.92. The maximum atomic E-state index is 12.7. The van der Waals surface area contributed by atoms with Gasteiger partial charge in [0.2, 0.25) is 0 Å². The molecule has 1 rings (SSSR count). The van der Waals surface area contributed by atoms with Gasteiger partial charge >= 0.3 is 0 Å². The van der Waals surface area contributed by atoms with Gasteiger partial charge in [-0.05, 0) is 22.0 Å². The fourth-order valence-electron chi connectivity index (χ4n) is 0.580. The van der Waals surface area contributed by atoms with Crippen LogP contribution in [0.1, 0.15) is 0 Å². The van der Waals surface area contributed by atoms with Crippen molar-refractivity contribution >= 4 is 44.8 Å². The second-order valence-electron chi connectivity index (χ2n) is 1.88. The summed E-state index contributed by atoms with van der Waals surface area (Å²) in [6.07, 6.45) is 0. The van der Waals surface area contributed by atoms with Gasteiger partial charge in [-0.15, -0.1) is 0 Å². The lowest BCUT2D eigenvalue weighted by molar-refractivity contribution is 0.632. The highest BCUT2D eigenvalue weighted by Crippen LogP contribution is 2.36. The van der Waals surface area contributed by atoms with Crippen LogP contribution in [0.2, 0.25) is 10.0 Å². The van der Waals surface area contributed by atoms with Crippen LogP contribution in [0.25, 0.3) is 0 Å². The molecule has 0 aliphatic rings. The topological polar surface area (TPSA) is 26.0 Å². The monoisotopic (exact) mass is 257 g/mol. The molecule has 0 fully saturated rings. The van der Waals surface area contributed by atoms with E-state index in [1.807, 2.05) is 0 Å². The molecule has 0 aliphatic carbocycles. The predicted octanol–water partition coefficient (Wildman–Crippen LogP) is 3.48. The average Bonchev–Trinajstić information content (AvgIpc) is 1.97. The maximum absolute atomic E-state index is 12.7. The van der Waals surface area contributed by atoms with E-state index in [1.165, 1.54) is 6.07 Å². The first kappa shape index (κ1) is 9.10. The SMILES string of the molecule is Nc1c(F)cc(Br)c(Cl)c1Cl. The number of nitrogens with two attached hydrogens (primary N) is 1. The molecule has 1 nitrogen and oxygen atoms in total. The molecule has 1 aromatic rings. The van der Waals surface area contributed by atoms with Crippen molar-refractivity contribution in [2.24, 2.45) is 0 Å². The Morgan fingerprint density at radius 2 is 1.91 bits per heavy atom. The number of benzene rings is 1. The van der Waals surface area contributed by atoms with Gasteiger partial charge in [-0.1, -0.05) is 23.2 Å². The van der Waals surface area contributed by atoms with Gasteiger partial charge in [0.25, 0.3) is 0 Å². The number of halogens is 4. The molecule has 0 aliphatic heterocycles. The van der Waals surface area contributed by atoms with Crippen LogP contribution in [0.5, 0.6) is 0 Å². The van der Waals surface area contributed by atoms with Crippen molar-refractivity contribution in [3.05, 3.63) is 26.4 Å². The third-order valence-electron chi connectivity index (χ3n) is 1.15. The van der Waals surface area contributed by atoms with Gasteiger partial charge in [0.05, 0.1) is 15.7 Å². The third-order valence-corrected chi connectivity index (χ3v) is 2.89. The summed E-state index contributed by atoms with van der Waals surface area (Å²) in [5.41, 5.74) is 5.11. The van der Waals surface area contributed by atoms with E-state index in [0.717, 1.165) is 0 Å². The second-order valence-corrected chi connectivity index (χ2v) is 3.49. The Kier molecular flexibility index (Phi) is 2.62. The molecule has 2 N–H and O–H groups in total. The molecule has 0 bridgehead atoms. The van der Waals surface area contributed by atoms with Crippen LogP contribution in [-0.2, 0) is 0 Å². The molecular formula is C6H3BrCl2FN. The molecule has 0 atom stereocenters. The van der Waals surface area contributed by atoms with E-state index in [4.69, 9.17) is 28.9 Å². The summed E-state index contributed by atoms with van der Waals surface area (Å²) < 4.78 is 13.1. The van der Waals surface area contributed by atoms with E-state index in [-0.39, 0.29) is 15.7 Å². The van der Waals surface area contributed by atoms with Gasteiger partial charge in [-0.3, -0.25) is 0 Å². The number of hydrogen-bond donors (Lipinski definition) is 1. The van der Waals surface area contributed by atoms with Crippen molar-refractivity contribution in [2.45, 2.75) is 0 Å². The summed E-state index contributed by atoms with van der Waals surface area (Å²) in [5.74, 6) is -0.578. The summed E-state index contributed by atoms with van der Waals surface area (Å²) >= 11 is 14.2. The van der Waals surface area contributed by atoms with Crippen molar-refractivity contribution in [1.82, 2.24) is 0 Å². The summed E-state index contributed by atoms with van der Waals surface area (Å²) in [6, 6.07) is 1.17. The Morgan fingerprint density at radius 3 is 2.45 bits per heavy atom.